The number of amides is 2. The van der Waals surface area contributed by atoms with Crippen molar-refractivity contribution in [3.8, 4) is 11.3 Å². The lowest BCUT2D eigenvalue weighted by Crippen LogP contribution is -2.60. The highest BCUT2D eigenvalue weighted by molar-refractivity contribution is 8.02. The Morgan fingerprint density at radius 3 is 2.53 bits per heavy atom. The number of benzene rings is 1. The lowest BCUT2D eigenvalue weighted by atomic mass is 9.66. The number of pyridine rings is 1. The van der Waals surface area contributed by atoms with Crippen LogP contribution in [0.1, 0.15) is 89.5 Å². The number of fused-ring (bicyclic) bond motifs is 5. The fraction of sp³-hybridized carbons (Fsp3) is 0.574. The number of hydrazine groups is 1. The summed E-state index contributed by atoms with van der Waals surface area (Å²) in [6, 6.07) is 7.26. The van der Waals surface area contributed by atoms with E-state index < -0.39 is 28.4 Å². The molecule has 4 bridgehead atoms. The van der Waals surface area contributed by atoms with Gasteiger partial charge in [-0.2, -0.15) is 0 Å². The van der Waals surface area contributed by atoms with Gasteiger partial charge in [0.2, 0.25) is 5.91 Å². The number of aromatic nitrogens is 2. The Morgan fingerprint density at radius 2 is 1.85 bits per heavy atom. The van der Waals surface area contributed by atoms with Crippen LogP contribution in [0.4, 0.5) is 5.69 Å². The van der Waals surface area contributed by atoms with E-state index in [0.717, 1.165) is 90.2 Å². The van der Waals surface area contributed by atoms with Gasteiger partial charge in [0.15, 0.2) is 4.93 Å². The van der Waals surface area contributed by atoms with Crippen molar-refractivity contribution in [1.29, 1.82) is 0 Å². The van der Waals surface area contributed by atoms with Gasteiger partial charge in [0.25, 0.3) is 5.91 Å². The van der Waals surface area contributed by atoms with Gasteiger partial charge in [-0.25, -0.2) is 5.43 Å². The molecule has 2 aromatic heterocycles. The maximum Gasteiger partial charge on any atom is 0.324 e. The number of nitrogens with two attached hydrogens (primary N) is 1. The summed E-state index contributed by atoms with van der Waals surface area (Å²) in [6.45, 7) is 15.7. The topological polar surface area (TPSA) is 147 Å². The number of carbonyl (C=O) groups excluding carboxylic acids is 3. The molecule has 2 fully saturated rings. The molecule has 2 unspecified atom stereocenters. The zero-order chi connectivity index (χ0) is 44.1. The third-order valence-electron chi connectivity index (χ3n) is 13.6. The highest BCUT2D eigenvalue weighted by Gasteiger charge is 2.57. The largest absolute Gasteiger partial charge is 0.464 e. The maximum atomic E-state index is 14.2. The monoisotopic (exact) mass is 884 g/mol. The van der Waals surface area contributed by atoms with E-state index in [4.69, 9.17) is 20.2 Å². The Bertz CT molecular complexity index is 2280. The minimum Gasteiger partial charge on any atom is -0.464 e. The zero-order valence-corrected chi connectivity index (χ0v) is 39.2. The number of anilines is 1. The van der Waals surface area contributed by atoms with Crippen molar-refractivity contribution in [1.82, 2.24) is 30.2 Å². The van der Waals surface area contributed by atoms with Crippen LogP contribution in [0.25, 0.3) is 27.9 Å². The van der Waals surface area contributed by atoms with Gasteiger partial charge < -0.3 is 34.9 Å². The first-order valence-corrected chi connectivity index (χ1v) is 24.5. The zero-order valence-electron chi connectivity index (χ0n) is 37.6. The summed E-state index contributed by atoms with van der Waals surface area (Å²) in [4.78, 5) is 50.9. The van der Waals surface area contributed by atoms with Crippen molar-refractivity contribution in [2.45, 2.75) is 101 Å². The Labute approximate surface area is 374 Å². The minimum absolute atomic E-state index is 0.0829. The van der Waals surface area contributed by atoms with E-state index >= 15 is 0 Å². The van der Waals surface area contributed by atoms with E-state index in [1.807, 2.05) is 31.5 Å². The molecule has 2 saturated heterocycles. The molecule has 3 aromatic rings. The highest BCUT2D eigenvalue weighted by Crippen LogP contribution is 2.63. The molecule has 0 radical (unpaired) electrons. The molecule has 8 rings (SSSR count). The van der Waals surface area contributed by atoms with Crippen LogP contribution in [0.3, 0.4) is 0 Å². The number of rotatable bonds is 6. The summed E-state index contributed by atoms with van der Waals surface area (Å²) in [7, 11) is 3.97. The number of allylic oxidation sites excluding steroid dienone is 1. The number of methoxy groups -OCH3 is 1. The Morgan fingerprint density at radius 1 is 1.11 bits per heavy atom. The number of ether oxygens (including phenoxy) is 2. The Hall–Kier alpha value is -4.02. The van der Waals surface area contributed by atoms with Crippen LogP contribution >= 0.6 is 23.5 Å². The number of carbonyl (C=O) groups is 3. The van der Waals surface area contributed by atoms with Crippen LogP contribution < -0.4 is 21.4 Å². The summed E-state index contributed by atoms with van der Waals surface area (Å²) in [5, 5.41) is 7.47. The molecule has 0 spiro atoms. The Balaban J connectivity index is 1.27. The molecule has 2 amide bonds. The molecule has 62 heavy (non-hydrogen) atoms. The molecule has 334 valence electrons. The first kappa shape index (κ1) is 44.6. The SMILES string of the molecule is CCn1c2c3c4cc(ccc41)/C(N)=C/SC(C)C[C@H](NC(=O)C1=C[C@@H]1C)C(=O)N1CCC[C@H](N1)C(=O)OCC(C)(C)C3[C@@](OC)(SC)c1ncc(N3CCCN(C)CCC3)cc1-2. The highest BCUT2D eigenvalue weighted by atomic mass is 32.2. The third-order valence-corrected chi connectivity index (χ3v) is 15.8. The van der Waals surface area contributed by atoms with Crippen LogP contribution in [0.15, 0.2) is 47.5 Å². The van der Waals surface area contributed by atoms with Crippen molar-refractivity contribution >= 4 is 63.6 Å². The Kier molecular flexibility index (Phi) is 12.8. The number of cyclic esters (lactones) is 1. The lowest BCUT2D eigenvalue weighted by Gasteiger charge is -2.49. The van der Waals surface area contributed by atoms with Gasteiger partial charge in [0.05, 0.1) is 29.9 Å². The number of esters is 1. The summed E-state index contributed by atoms with van der Waals surface area (Å²) < 4.78 is 15.6. The molecule has 5 heterocycles. The quantitative estimate of drug-likeness (QED) is 0.186. The second-order valence-corrected chi connectivity index (χ2v) is 20.8. The second-order valence-electron chi connectivity index (χ2n) is 18.4. The van der Waals surface area contributed by atoms with Crippen molar-refractivity contribution in [3.63, 3.8) is 0 Å². The molecule has 2 aliphatic carbocycles. The molecule has 4 N–H and O–H groups in total. The van der Waals surface area contributed by atoms with Gasteiger partial charge in [-0.1, -0.05) is 39.8 Å². The summed E-state index contributed by atoms with van der Waals surface area (Å²) in [5.74, 6) is -1.17. The number of thioether (sulfide) groups is 2. The molecule has 3 aliphatic heterocycles. The number of hydrogen-bond donors (Lipinski definition) is 3. The molecular weight excluding hydrogens is 821 g/mol. The van der Waals surface area contributed by atoms with Gasteiger partial charge >= 0.3 is 5.97 Å². The first-order valence-electron chi connectivity index (χ1n) is 22.3. The predicted octanol–water partition coefficient (Wildman–Crippen LogP) is 6.42. The number of hydrogen-bond acceptors (Lipinski definition) is 12. The van der Waals surface area contributed by atoms with Crippen molar-refractivity contribution < 1.29 is 23.9 Å². The molecule has 1 aromatic carbocycles. The van der Waals surface area contributed by atoms with E-state index in [1.165, 1.54) is 5.01 Å². The van der Waals surface area contributed by atoms with E-state index in [0.29, 0.717) is 37.1 Å². The van der Waals surface area contributed by atoms with Crippen LogP contribution in [0.5, 0.6) is 0 Å². The first-order chi connectivity index (χ1) is 29.7. The fourth-order valence-electron chi connectivity index (χ4n) is 10.2. The van der Waals surface area contributed by atoms with Crippen LogP contribution in [0.2, 0.25) is 0 Å². The number of aryl methyl sites for hydroxylation is 1. The maximum absolute atomic E-state index is 14.2. The van der Waals surface area contributed by atoms with Gasteiger partial charge in [-0.15, -0.1) is 23.5 Å². The molecular formula is C47H64N8O5S2. The summed E-state index contributed by atoms with van der Waals surface area (Å²) >= 11 is 3.17. The predicted molar refractivity (Wildman–Crippen MR) is 250 cm³/mol. The van der Waals surface area contributed by atoms with Gasteiger partial charge in [-0.05, 0) is 100 Å². The van der Waals surface area contributed by atoms with Crippen molar-refractivity contribution in [2.75, 3.05) is 64.6 Å². The smallest absolute Gasteiger partial charge is 0.324 e. The van der Waals surface area contributed by atoms with E-state index in [-0.39, 0.29) is 35.5 Å². The number of nitrogens with one attached hydrogen (secondary N) is 2. The molecule has 0 saturated carbocycles. The minimum atomic E-state index is -0.954. The molecule has 5 aliphatic rings. The van der Waals surface area contributed by atoms with E-state index in [2.05, 4.69) is 83.4 Å². The number of nitrogens with zero attached hydrogens (tertiary/aromatic N) is 5. The van der Waals surface area contributed by atoms with Crippen molar-refractivity contribution in [2.24, 2.45) is 17.1 Å². The van der Waals surface area contributed by atoms with Crippen molar-refractivity contribution in [3.05, 3.63) is 64.3 Å². The summed E-state index contributed by atoms with van der Waals surface area (Å²) in [5.41, 5.74) is 18.0. The lowest BCUT2D eigenvalue weighted by molar-refractivity contribution is -0.156. The fourth-order valence-corrected chi connectivity index (χ4v) is 12.2. The standard InChI is InChI=1S/C47H64N8O5S2/c1-9-54-38-15-14-30-23-33(38)39-40(54)34-24-31(53-18-11-16-52(6)17-12-19-53)25-49-42(34)47(59-7,61-8)41(39)46(4,5)27-60-45(58)36-13-10-20-55(51-36)44(57)37(22-29(3)62-26-35(30)48)50-43(56)32-21-28(32)2/h14-15,21,23-26,28-29,36-37,41,51H,9-13,16-20,22,27,48H2,1-8H3,(H,50,56)/b35-26-/t28-,29?,36-,37-,41?,47+/m0/s1. The van der Waals surface area contributed by atoms with Gasteiger partial charge in [0.1, 0.15) is 12.1 Å². The normalized spacial score (nSPS) is 29.3. The van der Waals surface area contributed by atoms with Gasteiger partial charge in [-0.3, -0.25) is 24.4 Å². The van der Waals surface area contributed by atoms with Gasteiger partial charge in [0, 0.05) is 83.5 Å². The van der Waals surface area contributed by atoms with Crippen LogP contribution in [-0.4, -0.2) is 114 Å². The average Bonchev–Trinajstić information content (AvgIpc) is 3.92. The molecule has 6 atom stereocenters. The average molecular weight is 885 g/mol. The summed E-state index contributed by atoms with van der Waals surface area (Å²) in [6.07, 6.45) is 9.64. The second kappa shape index (κ2) is 17.9. The van der Waals surface area contributed by atoms with E-state index in [1.54, 1.807) is 30.6 Å². The molecule has 13 nitrogen and oxygen atoms in total. The van der Waals surface area contributed by atoms with E-state index in [9.17, 15) is 14.4 Å². The third kappa shape index (κ3) is 8.28. The van der Waals surface area contributed by atoms with Crippen LogP contribution in [0, 0.1) is 11.3 Å². The van der Waals surface area contributed by atoms with Crippen LogP contribution in [-0.2, 0) is 35.3 Å². The molecule has 15 heteroatoms.